The van der Waals surface area contributed by atoms with E-state index in [1.165, 1.54) is 12.1 Å². The summed E-state index contributed by atoms with van der Waals surface area (Å²) in [5.74, 6) is 0.0766. The average molecular weight is 737 g/mol. The first-order valence-electron chi connectivity index (χ1n) is 18.4. The summed E-state index contributed by atoms with van der Waals surface area (Å²) in [7, 11) is 0. The predicted molar refractivity (Wildman–Crippen MR) is 190 cm³/mol. The van der Waals surface area contributed by atoms with Crippen molar-refractivity contribution in [1.29, 1.82) is 0 Å². The van der Waals surface area contributed by atoms with Gasteiger partial charge in [-0.2, -0.15) is 13.2 Å². The largest absolute Gasteiger partial charge is 0.490 e. The van der Waals surface area contributed by atoms with Gasteiger partial charge in [0.1, 0.15) is 11.9 Å². The first-order chi connectivity index (χ1) is 25.3. The van der Waals surface area contributed by atoms with Crippen molar-refractivity contribution in [2.45, 2.75) is 83.5 Å². The lowest BCUT2D eigenvalue weighted by atomic mass is 9.64. The Hall–Kier alpha value is -4.75. The molecule has 2 bridgehead atoms. The first kappa shape index (κ1) is 36.6. The molecule has 2 unspecified atom stereocenters. The van der Waals surface area contributed by atoms with E-state index >= 15 is 0 Å². The number of carbonyl (C=O) groups excluding carboxylic acids is 1. The number of amides is 1. The van der Waals surface area contributed by atoms with Gasteiger partial charge in [-0.1, -0.05) is 0 Å². The minimum Gasteiger partial charge on any atom is -0.490 e. The van der Waals surface area contributed by atoms with Crippen molar-refractivity contribution in [3.05, 3.63) is 66.0 Å². The summed E-state index contributed by atoms with van der Waals surface area (Å²) in [6, 6.07) is 8.21. The molecule has 7 rings (SSSR count). The number of nitrogens with zero attached hydrogens (tertiary/aromatic N) is 5. The summed E-state index contributed by atoms with van der Waals surface area (Å²) in [5, 5.41) is 12.7. The molecule has 2 N–H and O–H groups in total. The fraction of sp³-hybridized carbons (Fsp3) is 0.513. The average Bonchev–Trinajstić information content (AvgIpc) is 3.49. The Morgan fingerprint density at radius 3 is 2.30 bits per heavy atom. The third-order valence-corrected chi connectivity index (χ3v) is 11.0. The number of carboxylic acids is 1. The molecule has 14 heteroatoms. The highest BCUT2D eigenvalue weighted by atomic mass is 19.4. The van der Waals surface area contributed by atoms with Crippen LogP contribution in [0.1, 0.15) is 87.3 Å². The van der Waals surface area contributed by atoms with Crippen molar-refractivity contribution in [3.8, 4) is 17.0 Å². The molecule has 3 aromatic heterocycles. The molecule has 10 nitrogen and oxygen atoms in total. The van der Waals surface area contributed by atoms with E-state index in [1.807, 2.05) is 41.5 Å². The van der Waals surface area contributed by atoms with E-state index in [4.69, 9.17) is 4.74 Å². The van der Waals surface area contributed by atoms with Crippen LogP contribution < -0.4 is 15.0 Å². The second-order valence-corrected chi connectivity index (χ2v) is 15.3. The number of anilines is 1. The van der Waals surface area contributed by atoms with E-state index in [0.29, 0.717) is 60.4 Å². The smallest absolute Gasteiger partial charge is 0.434 e. The van der Waals surface area contributed by atoms with Gasteiger partial charge >= 0.3 is 12.1 Å². The van der Waals surface area contributed by atoms with Crippen LogP contribution in [0.5, 0.6) is 5.75 Å². The zero-order chi connectivity index (χ0) is 37.4. The number of nitrogens with one attached hydrogen (secondary N) is 1. The monoisotopic (exact) mass is 736 g/mol. The van der Waals surface area contributed by atoms with Gasteiger partial charge in [-0.15, -0.1) is 0 Å². The summed E-state index contributed by atoms with van der Waals surface area (Å²) in [4.78, 5) is 38.7. The molecule has 0 spiro atoms. The molecule has 1 amide bonds. The molecular weight excluding hydrogens is 692 g/mol. The maximum atomic E-state index is 14.5. The molecule has 3 aliphatic rings. The Kier molecular flexibility index (Phi) is 10.3. The number of fused-ring (bicyclic) bond motifs is 3. The minimum absolute atomic E-state index is 0.0186. The van der Waals surface area contributed by atoms with Crippen LogP contribution in [0, 0.1) is 29.5 Å². The number of rotatable bonds is 10. The SMILES string of the molecule is CC(C)n1cc(-c2ccc(C(=O)NCC3CC4CC(CC(=O)O)CC(C3)C4)c(C(F)(F)F)n2)c2ccc(OC3CCN(c4ncc(F)cn4)CC3)cc21. The van der Waals surface area contributed by atoms with Gasteiger partial charge in [0.25, 0.3) is 5.91 Å². The third-order valence-electron chi connectivity index (χ3n) is 11.0. The number of carbonyl (C=O) groups is 2. The number of halogens is 4. The number of piperidine rings is 1. The number of hydrogen-bond donors (Lipinski definition) is 2. The Morgan fingerprint density at radius 2 is 1.66 bits per heavy atom. The Morgan fingerprint density at radius 1 is 0.981 bits per heavy atom. The van der Waals surface area contributed by atoms with E-state index in [0.717, 1.165) is 50.0 Å². The molecule has 2 saturated carbocycles. The normalized spacial score (nSPS) is 22.3. The van der Waals surface area contributed by atoms with Crippen molar-refractivity contribution >= 4 is 28.7 Å². The summed E-state index contributed by atoms with van der Waals surface area (Å²) >= 11 is 0. The van der Waals surface area contributed by atoms with E-state index in [9.17, 15) is 32.3 Å². The van der Waals surface area contributed by atoms with Crippen molar-refractivity contribution in [2.24, 2.45) is 23.7 Å². The van der Waals surface area contributed by atoms with Crippen LogP contribution in [0.25, 0.3) is 22.2 Å². The number of hydrogen-bond acceptors (Lipinski definition) is 7. The van der Waals surface area contributed by atoms with Crippen molar-refractivity contribution in [2.75, 3.05) is 24.5 Å². The zero-order valence-corrected chi connectivity index (χ0v) is 29.8. The summed E-state index contributed by atoms with van der Waals surface area (Å²) in [6.07, 6.45) is 5.12. The van der Waals surface area contributed by atoms with Gasteiger partial charge in [0.15, 0.2) is 11.5 Å². The lowest BCUT2D eigenvalue weighted by molar-refractivity contribution is -0.141. The van der Waals surface area contributed by atoms with Crippen molar-refractivity contribution in [3.63, 3.8) is 0 Å². The van der Waals surface area contributed by atoms with Crippen LogP contribution >= 0.6 is 0 Å². The van der Waals surface area contributed by atoms with Gasteiger partial charge in [-0.05, 0) is 93.9 Å². The highest BCUT2D eigenvalue weighted by molar-refractivity contribution is 5.98. The molecule has 4 aromatic rings. The molecule has 4 heterocycles. The van der Waals surface area contributed by atoms with Crippen LogP contribution in [0.3, 0.4) is 0 Å². The molecule has 3 fully saturated rings. The topological polar surface area (TPSA) is 122 Å². The van der Waals surface area contributed by atoms with Crippen LogP contribution in [0.15, 0.2) is 48.9 Å². The second-order valence-electron chi connectivity index (χ2n) is 15.3. The zero-order valence-electron chi connectivity index (χ0n) is 29.8. The summed E-state index contributed by atoms with van der Waals surface area (Å²) in [5.41, 5.74) is -0.335. The Balaban J connectivity index is 1.05. The third kappa shape index (κ3) is 8.26. The summed E-state index contributed by atoms with van der Waals surface area (Å²) in [6.45, 7) is 5.52. The summed E-state index contributed by atoms with van der Waals surface area (Å²) < 4.78 is 65.1. The molecule has 2 atom stereocenters. The highest BCUT2D eigenvalue weighted by Crippen LogP contribution is 2.46. The van der Waals surface area contributed by atoms with E-state index in [1.54, 1.807) is 6.20 Å². The van der Waals surface area contributed by atoms with Crippen LogP contribution in [0.2, 0.25) is 0 Å². The maximum absolute atomic E-state index is 14.5. The molecule has 1 aliphatic heterocycles. The molecule has 0 radical (unpaired) electrons. The van der Waals surface area contributed by atoms with Crippen LogP contribution in [-0.4, -0.2) is 62.2 Å². The molecule has 282 valence electrons. The molecule has 2 aliphatic carbocycles. The molecule has 1 aromatic carbocycles. The van der Waals surface area contributed by atoms with Gasteiger partial charge in [-0.25, -0.2) is 19.3 Å². The fourth-order valence-electron chi connectivity index (χ4n) is 8.82. The number of pyridine rings is 1. The minimum atomic E-state index is -4.86. The Labute approximate surface area is 305 Å². The van der Waals surface area contributed by atoms with E-state index < -0.39 is 35.1 Å². The van der Waals surface area contributed by atoms with Gasteiger partial charge in [0, 0.05) is 68.2 Å². The molecular formula is C39H44F4N6O4. The Bertz CT molecular complexity index is 1940. The van der Waals surface area contributed by atoms with Gasteiger partial charge < -0.3 is 24.6 Å². The van der Waals surface area contributed by atoms with Crippen molar-refractivity contribution in [1.82, 2.24) is 24.8 Å². The van der Waals surface area contributed by atoms with Gasteiger partial charge in [0.05, 0.1) is 29.2 Å². The number of benzene rings is 1. The van der Waals surface area contributed by atoms with Gasteiger partial charge in [-0.3, -0.25) is 9.59 Å². The number of alkyl halides is 3. The lowest BCUT2D eigenvalue weighted by Crippen LogP contribution is -2.39. The van der Waals surface area contributed by atoms with Gasteiger partial charge in [0.2, 0.25) is 5.95 Å². The van der Waals surface area contributed by atoms with Crippen LogP contribution in [-0.2, 0) is 11.0 Å². The second kappa shape index (κ2) is 14.9. The van der Waals surface area contributed by atoms with E-state index in [2.05, 4.69) is 20.3 Å². The number of aliphatic carboxylic acids is 1. The predicted octanol–water partition coefficient (Wildman–Crippen LogP) is 7.93. The highest BCUT2D eigenvalue weighted by Gasteiger charge is 2.39. The number of ether oxygens (including phenoxy) is 1. The standard InChI is InChI=1S/C39H44F4N6O4/c1-22(2)49-21-32(30-4-3-29(17-34(30)49)53-28-7-9-48(10-8-28)38-45-19-27(40)20-46-38)33-6-5-31(36(47-33)39(41,42)43)37(52)44-18-26-14-23-11-24(15-26)13-25(12-23)16-35(50)51/h3-6,17,19-26,28H,7-16,18H2,1-2H3,(H,44,52)(H,50,51). The quantitative estimate of drug-likeness (QED) is 0.158. The number of aromatic nitrogens is 4. The number of carboxylic acid groups (broad SMARTS) is 1. The fourth-order valence-corrected chi connectivity index (χ4v) is 8.82. The molecule has 1 saturated heterocycles. The lowest BCUT2D eigenvalue weighted by Gasteiger charge is -2.42. The molecule has 53 heavy (non-hydrogen) atoms. The maximum Gasteiger partial charge on any atom is 0.434 e. The first-order valence-corrected chi connectivity index (χ1v) is 18.4. The van der Waals surface area contributed by atoms with Crippen molar-refractivity contribution < 1.29 is 37.0 Å². The van der Waals surface area contributed by atoms with E-state index in [-0.39, 0.29) is 42.6 Å². The van der Waals surface area contributed by atoms with Crippen LogP contribution in [0.4, 0.5) is 23.5 Å².